The number of nitrogens with two attached hydrogens (primary N) is 1. The van der Waals surface area contributed by atoms with Crippen LogP contribution in [0.4, 0.5) is 0 Å². The maximum Gasteiger partial charge on any atom is 0.326 e. The summed E-state index contributed by atoms with van der Waals surface area (Å²) in [4.78, 5) is 71.1. The average molecular weight is 493 g/mol. The minimum Gasteiger partial charge on any atom is -0.481 e. The van der Waals surface area contributed by atoms with Crippen LogP contribution in [-0.4, -0.2) is 87.1 Å². The Kier molecular flexibility index (Phi) is 13.7. The second-order valence-corrected chi connectivity index (χ2v) is 8.72. The van der Waals surface area contributed by atoms with Crippen LogP contribution in [0.5, 0.6) is 0 Å². The molecule has 188 valence electrons. The lowest BCUT2D eigenvalue weighted by molar-refractivity contribution is -0.145. The van der Waals surface area contributed by atoms with E-state index in [9.17, 15) is 33.9 Å². The lowest BCUT2D eigenvalue weighted by Crippen LogP contribution is -2.58. The van der Waals surface area contributed by atoms with Gasteiger partial charge in [-0.3, -0.25) is 24.0 Å². The van der Waals surface area contributed by atoms with Crippen LogP contribution < -0.4 is 21.7 Å². The highest BCUT2D eigenvalue weighted by Gasteiger charge is 2.32. The molecule has 3 amide bonds. The van der Waals surface area contributed by atoms with Crippen molar-refractivity contribution < 1.29 is 44.1 Å². The highest BCUT2D eigenvalue weighted by Crippen LogP contribution is 2.06. The molecule has 0 rings (SSSR count). The van der Waals surface area contributed by atoms with Crippen LogP contribution in [0.1, 0.15) is 39.5 Å². The van der Waals surface area contributed by atoms with Gasteiger partial charge in [-0.05, 0) is 30.8 Å². The molecule has 0 aliphatic carbocycles. The molecule has 0 fully saturated rings. The first kappa shape index (κ1) is 30.1. The van der Waals surface area contributed by atoms with Crippen molar-refractivity contribution >= 4 is 47.4 Å². The van der Waals surface area contributed by atoms with Gasteiger partial charge >= 0.3 is 17.9 Å². The zero-order chi connectivity index (χ0) is 25.7. The summed E-state index contributed by atoms with van der Waals surface area (Å²) >= 11 is 1.34. The number of aliphatic carboxylic acids is 3. The molecular weight excluding hydrogens is 460 g/mol. The molecule has 0 aromatic carbocycles. The van der Waals surface area contributed by atoms with Crippen molar-refractivity contribution in [2.24, 2.45) is 11.7 Å². The summed E-state index contributed by atoms with van der Waals surface area (Å²) in [6.07, 6.45) is 0.315. The van der Waals surface area contributed by atoms with Gasteiger partial charge in [0.15, 0.2) is 0 Å². The fourth-order valence-electron chi connectivity index (χ4n) is 2.70. The molecule has 0 aliphatic rings. The zero-order valence-corrected chi connectivity index (χ0v) is 19.5. The second-order valence-electron chi connectivity index (χ2n) is 7.74. The first-order valence-corrected chi connectivity index (χ1v) is 11.5. The Bertz CT molecular complexity index is 732. The van der Waals surface area contributed by atoms with Crippen molar-refractivity contribution in [3.8, 4) is 0 Å². The number of carboxylic acid groups (broad SMARTS) is 3. The molecule has 14 heteroatoms. The summed E-state index contributed by atoms with van der Waals surface area (Å²) in [5, 5.41) is 33.9. The van der Waals surface area contributed by atoms with E-state index in [2.05, 4.69) is 16.0 Å². The van der Waals surface area contributed by atoms with Crippen molar-refractivity contribution in [3.63, 3.8) is 0 Å². The number of amides is 3. The van der Waals surface area contributed by atoms with Gasteiger partial charge in [-0.15, -0.1) is 0 Å². The Morgan fingerprint density at radius 3 is 1.58 bits per heavy atom. The third-order valence-corrected chi connectivity index (χ3v) is 4.95. The summed E-state index contributed by atoms with van der Waals surface area (Å²) in [5.74, 6) is -6.78. The highest BCUT2D eigenvalue weighted by molar-refractivity contribution is 7.98. The monoisotopic (exact) mass is 492 g/mol. The minimum absolute atomic E-state index is 0.0504. The van der Waals surface area contributed by atoms with Gasteiger partial charge in [-0.2, -0.15) is 11.8 Å². The fraction of sp³-hybridized carbons (Fsp3) is 0.684. The highest BCUT2D eigenvalue weighted by atomic mass is 32.2. The number of thioether (sulfide) groups is 1. The smallest absolute Gasteiger partial charge is 0.326 e. The Labute approximate surface area is 195 Å². The largest absolute Gasteiger partial charge is 0.481 e. The van der Waals surface area contributed by atoms with E-state index in [0.29, 0.717) is 5.75 Å². The molecule has 0 bridgehead atoms. The molecule has 4 unspecified atom stereocenters. The van der Waals surface area contributed by atoms with Gasteiger partial charge in [0, 0.05) is 0 Å². The van der Waals surface area contributed by atoms with E-state index in [1.54, 1.807) is 6.26 Å². The summed E-state index contributed by atoms with van der Waals surface area (Å²) in [7, 11) is 0. The van der Waals surface area contributed by atoms with Crippen LogP contribution in [0.25, 0.3) is 0 Å². The van der Waals surface area contributed by atoms with Crippen LogP contribution in [0, 0.1) is 5.92 Å². The average Bonchev–Trinajstić information content (AvgIpc) is 2.68. The summed E-state index contributed by atoms with van der Waals surface area (Å²) in [5.41, 5.74) is 5.75. The van der Waals surface area contributed by atoms with Crippen LogP contribution in [0.3, 0.4) is 0 Å². The number of carboxylic acids is 3. The SMILES string of the molecule is CSCCC(NC(=O)C(CC(=O)O)NC(=O)C(CC(=O)O)NC(=O)C(N)CC(C)C)C(=O)O. The molecule has 8 N–H and O–H groups in total. The summed E-state index contributed by atoms with van der Waals surface area (Å²) in [6.45, 7) is 3.63. The molecule has 0 aromatic heterocycles. The molecule has 0 saturated carbocycles. The van der Waals surface area contributed by atoms with Gasteiger partial charge in [0.25, 0.3) is 0 Å². The molecule has 0 aliphatic heterocycles. The van der Waals surface area contributed by atoms with Gasteiger partial charge in [-0.1, -0.05) is 13.8 Å². The zero-order valence-electron chi connectivity index (χ0n) is 18.7. The van der Waals surface area contributed by atoms with Gasteiger partial charge in [0.1, 0.15) is 18.1 Å². The minimum atomic E-state index is -1.70. The normalized spacial score (nSPS) is 14.5. The number of carbonyl (C=O) groups excluding carboxylic acids is 3. The van der Waals surface area contributed by atoms with Gasteiger partial charge < -0.3 is 37.0 Å². The molecular formula is C19H32N4O9S. The topological polar surface area (TPSA) is 225 Å². The predicted octanol–water partition coefficient (Wildman–Crippen LogP) is -1.40. The van der Waals surface area contributed by atoms with Crippen molar-refractivity contribution in [2.45, 2.75) is 63.7 Å². The predicted molar refractivity (Wildman–Crippen MR) is 118 cm³/mol. The maximum atomic E-state index is 12.6. The number of nitrogens with one attached hydrogen (secondary N) is 3. The molecule has 0 aromatic rings. The van der Waals surface area contributed by atoms with Crippen LogP contribution in [0.2, 0.25) is 0 Å². The quantitative estimate of drug-likeness (QED) is 0.133. The summed E-state index contributed by atoms with van der Waals surface area (Å²) < 4.78 is 0. The molecule has 0 spiro atoms. The first-order chi connectivity index (χ1) is 15.3. The molecule has 0 saturated heterocycles. The van der Waals surface area contributed by atoms with E-state index in [0.717, 1.165) is 0 Å². The molecule has 33 heavy (non-hydrogen) atoms. The Morgan fingerprint density at radius 1 is 0.788 bits per heavy atom. The Morgan fingerprint density at radius 2 is 1.21 bits per heavy atom. The van der Waals surface area contributed by atoms with E-state index in [1.807, 2.05) is 13.8 Å². The van der Waals surface area contributed by atoms with Crippen molar-refractivity contribution in [3.05, 3.63) is 0 Å². The van der Waals surface area contributed by atoms with E-state index in [4.69, 9.17) is 15.9 Å². The van der Waals surface area contributed by atoms with Crippen molar-refractivity contribution in [1.82, 2.24) is 16.0 Å². The van der Waals surface area contributed by atoms with E-state index >= 15 is 0 Å². The van der Waals surface area contributed by atoms with E-state index in [-0.39, 0.29) is 18.8 Å². The van der Waals surface area contributed by atoms with Crippen molar-refractivity contribution in [2.75, 3.05) is 12.0 Å². The number of carbonyl (C=O) groups is 6. The third-order valence-electron chi connectivity index (χ3n) is 4.31. The van der Waals surface area contributed by atoms with Crippen molar-refractivity contribution in [1.29, 1.82) is 0 Å². The second kappa shape index (κ2) is 15.1. The Hall–Kier alpha value is -2.87. The standard InChI is InChI=1S/C19H32N4O9S/c1-9(2)6-10(20)16(28)22-12(7-14(24)25)18(30)23-13(8-15(26)27)17(29)21-11(19(31)32)4-5-33-3/h9-13H,4-8,20H2,1-3H3,(H,21,29)(H,22,28)(H,23,30)(H,24,25)(H,26,27)(H,31,32). The van der Waals surface area contributed by atoms with E-state index in [1.165, 1.54) is 11.8 Å². The van der Waals surface area contributed by atoms with Gasteiger partial charge in [0.2, 0.25) is 17.7 Å². The Balaban J connectivity index is 5.50. The molecule has 0 radical (unpaired) electrons. The molecule has 0 heterocycles. The van der Waals surface area contributed by atoms with E-state index < -0.39 is 72.6 Å². The number of hydrogen-bond donors (Lipinski definition) is 7. The van der Waals surface area contributed by atoms with Crippen LogP contribution in [0.15, 0.2) is 0 Å². The van der Waals surface area contributed by atoms with Crippen LogP contribution >= 0.6 is 11.8 Å². The fourth-order valence-corrected chi connectivity index (χ4v) is 3.17. The van der Waals surface area contributed by atoms with Crippen LogP contribution in [-0.2, 0) is 28.8 Å². The number of hydrogen-bond acceptors (Lipinski definition) is 8. The van der Waals surface area contributed by atoms with Gasteiger partial charge in [-0.25, -0.2) is 4.79 Å². The summed E-state index contributed by atoms with van der Waals surface area (Å²) in [6, 6.07) is -5.67. The molecule has 4 atom stereocenters. The molecule has 13 nitrogen and oxygen atoms in total. The lowest BCUT2D eigenvalue weighted by atomic mass is 10.0. The number of rotatable bonds is 16. The van der Waals surface area contributed by atoms with Gasteiger partial charge in [0.05, 0.1) is 18.9 Å². The lowest BCUT2D eigenvalue weighted by Gasteiger charge is -2.24. The first-order valence-electron chi connectivity index (χ1n) is 10.1. The maximum absolute atomic E-state index is 12.6. The third kappa shape index (κ3) is 12.7.